The first-order chi connectivity index (χ1) is 17.6. The van der Waals surface area contributed by atoms with Crippen molar-refractivity contribution in [2.24, 2.45) is 0 Å². The molecule has 0 radical (unpaired) electrons. The number of hydrogen-bond acceptors (Lipinski definition) is 7. The first kappa shape index (κ1) is 22.8. The highest BCUT2D eigenvalue weighted by atomic mass is 32.2. The molecule has 0 saturated carbocycles. The molecule has 0 spiro atoms. The third-order valence-electron chi connectivity index (χ3n) is 7.07. The van der Waals surface area contributed by atoms with Crippen LogP contribution in [0.3, 0.4) is 0 Å². The van der Waals surface area contributed by atoms with E-state index in [0.717, 1.165) is 42.0 Å². The molecule has 8 heteroatoms. The van der Waals surface area contributed by atoms with E-state index in [9.17, 15) is 4.21 Å². The molecule has 2 aromatic carbocycles. The van der Waals surface area contributed by atoms with Crippen LogP contribution < -0.4 is 29.0 Å². The number of benzene rings is 2. The van der Waals surface area contributed by atoms with Gasteiger partial charge in [0.15, 0.2) is 23.0 Å². The number of hydrogen-bond donors (Lipinski definition) is 0. The van der Waals surface area contributed by atoms with Gasteiger partial charge in [0.1, 0.15) is 4.91 Å². The lowest BCUT2D eigenvalue weighted by molar-refractivity contribution is 0.159. The lowest BCUT2D eigenvalue weighted by atomic mass is 9.83. The highest BCUT2D eigenvalue weighted by Gasteiger charge is 2.36. The summed E-state index contributed by atoms with van der Waals surface area (Å²) in [4.78, 5) is 7.15. The molecule has 3 aliphatic heterocycles. The van der Waals surface area contributed by atoms with E-state index in [1.165, 1.54) is 17.2 Å². The second kappa shape index (κ2) is 9.11. The van der Waals surface area contributed by atoms with Crippen LogP contribution in [-0.2, 0) is 30.5 Å². The molecule has 2 unspecified atom stereocenters. The van der Waals surface area contributed by atoms with Crippen LogP contribution in [0.4, 0.5) is 0 Å². The van der Waals surface area contributed by atoms with Gasteiger partial charge >= 0.3 is 0 Å². The summed E-state index contributed by atoms with van der Waals surface area (Å²) >= 11 is -1.86. The highest BCUT2D eigenvalue weighted by Crippen LogP contribution is 2.47. The zero-order valence-electron chi connectivity index (χ0n) is 20.0. The first-order valence-corrected chi connectivity index (χ1v) is 12.9. The van der Waals surface area contributed by atoms with E-state index < -0.39 is 11.1 Å². The van der Waals surface area contributed by atoms with Crippen LogP contribution in [0.15, 0.2) is 55.3 Å². The van der Waals surface area contributed by atoms with E-state index in [2.05, 4.69) is 41.2 Å². The fourth-order valence-corrected chi connectivity index (χ4v) is 6.17. The highest BCUT2D eigenvalue weighted by molar-refractivity contribution is 7.90. The summed E-state index contributed by atoms with van der Waals surface area (Å²) in [6.45, 7) is 9.66. The van der Waals surface area contributed by atoms with Crippen molar-refractivity contribution in [3.63, 3.8) is 0 Å². The number of rotatable bonds is 5. The molecule has 0 fully saturated rings. The Hall–Kier alpha value is -3.62. The zero-order chi connectivity index (χ0) is 24.8. The summed E-state index contributed by atoms with van der Waals surface area (Å²) in [5.74, 6) is 2.67. The maximum atomic E-state index is 13.4. The van der Waals surface area contributed by atoms with Gasteiger partial charge in [0.05, 0.1) is 12.5 Å². The van der Waals surface area contributed by atoms with Gasteiger partial charge in [0.25, 0.3) is 0 Å². The lowest BCUT2D eigenvalue weighted by Gasteiger charge is -2.41. The maximum Gasteiger partial charge on any atom is 0.243 e. The zero-order valence-corrected chi connectivity index (χ0v) is 20.8. The van der Waals surface area contributed by atoms with Gasteiger partial charge in [0, 0.05) is 30.9 Å². The van der Waals surface area contributed by atoms with Crippen LogP contribution in [0.2, 0.25) is 0 Å². The number of aromatic nitrogens is 1. The Balaban J connectivity index is 1.38. The predicted octanol–water partition coefficient (Wildman–Crippen LogP) is 2.92. The fourth-order valence-electron chi connectivity index (χ4n) is 5.27. The second-order valence-corrected chi connectivity index (χ2v) is 10.1. The minimum Gasteiger partial charge on any atom is -0.493 e. The van der Waals surface area contributed by atoms with Crippen LogP contribution in [0.1, 0.15) is 28.3 Å². The van der Waals surface area contributed by atoms with Gasteiger partial charge in [-0.1, -0.05) is 25.3 Å². The van der Waals surface area contributed by atoms with Crippen LogP contribution in [0.25, 0.3) is 11.5 Å². The summed E-state index contributed by atoms with van der Waals surface area (Å²) in [5.41, 5.74) is 4.71. The smallest absolute Gasteiger partial charge is 0.243 e. The lowest BCUT2D eigenvalue weighted by Crippen LogP contribution is -2.39. The average Bonchev–Trinajstić information content (AvgIpc) is 3.35. The molecule has 3 aromatic rings. The molecule has 0 aliphatic carbocycles. The Morgan fingerprint density at radius 3 is 2.83 bits per heavy atom. The van der Waals surface area contributed by atoms with Gasteiger partial charge in [0.2, 0.25) is 17.9 Å². The molecular weight excluding hydrogens is 476 g/mol. The van der Waals surface area contributed by atoms with E-state index >= 15 is 0 Å². The molecule has 0 saturated heterocycles. The van der Waals surface area contributed by atoms with Crippen LogP contribution >= 0.6 is 0 Å². The SMILES string of the molecule is C=C/C(=c1/ncccc1=C)S(=O)Oc1c(OC)ccc2c1CN1CCc3cc4c(cc3C1C2)OCO4. The summed E-state index contributed by atoms with van der Waals surface area (Å²) in [6.07, 6.45) is 4.87. The summed E-state index contributed by atoms with van der Waals surface area (Å²) in [7, 11) is 1.59. The molecule has 4 heterocycles. The number of methoxy groups -OCH3 is 1. The Morgan fingerprint density at radius 2 is 2.06 bits per heavy atom. The molecular formula is C28H26N2O5S. The second-order valence-electron chi connectivity index (χ2n) is 8.98. The molecule has 6 rings (SSSR count). The summed E-state index contributed by atoms with van der Waals surface area (Å²) < 4.78 is 36.4. The maximum absolute atomic E-state index is 13.4. The van der Waals surface area contributed by atoms with Crippen molar-refractivity contribution in [1.29, 1.82) is 0 Å². The average molecular weight is 503 g/mol. The summed E-state index contributed by atoms with van der Waals surface area (Å²) in [6, 6.07) is 12.0. The summed E-state index contributed by atoms with van der Waals surface area (Å²) in [5, 5.41) is 1.16. The molecule has 0 amide bonds. The van der Waals surface area contributed by atoms with Crippen LogP contribution in [0.5, 0.6) is 23.0 Å². The van der Waals surface area contributed by atoms with Gasteiger partial charge < -0.3 is 18.4 Å². The molecule has 36 heavy (non-hydrogen) atoms. The Labute approximate surface area is 211 Å². The molecule has 0 N–H and O–H groups in total. The molecule has 2 atom stereocenters. The van der Waals surface area contributed by atoms with Crippen molar-refractivity contribution in [2.45, 2.75) is 25.4 Å². The van der Waals surface area contributed by atoms with Crippen molar-refractivity contribution in [1.82, 2.24) is 9.88 Å². The van der Waals surface area contributed by atoms with E-state index in [4.69, 9.17) is 18.4 Å². The quantitative estimate of drug-likeness (QED) is 0.531. The fraction of sp³-hybridized carbons (Fsp3) is 0.250. The van der Waals surface area contributed by atoms with E-state index in [1.807, 2.05) is 12.1 Å². The van der Waals surface area contributed by atoms with Crippen molar-refractivity contribution in [3.8, 4) is 23.0 Å². The molecule has 1 aromatic heterocycles. The first-order valence-electron chi connectivity index (χ1n) is 11.8. The van der Waals surface area contributed by atoms with Gasteiger partial charge in [-0.15, -0.1) is 0 Å². The molecule has 7 nitrogen and oxygen atoms in total. The van der Waals surface area contributed by atoms with Gasteiger partial charge in [-0.05, 0) is 65.1 Å². The number of ether oxygens (including phenoxy) is 3. The molecule has 0 bridgehead atoms. The van der Waals surface area contributed by atoms with Gasteiger partial charge in [-0.25, -0.2) is 4.21 Å². The van der Waals surface area contributed by atoms with Crippen molar-refractivity contribution in [2.75, 3.05) is 20.4 Å². The minimum absolute atomic E-state index is 0.222. The van der Waals surface area contributed by atoms with Crippen LogP contribution in [-0.4, -0.2) is 34.5 Å². The Kier molecular flexibility index (Phi) is 5.78. The topological polar surface area (TPSA) is 70.1 Å². The van der Waals surface area contributed by atoms with E-state index in [-0.39, 0.29) is 12.8 Å². The number of pyridine rings is 1. The number of nitrogens with zero attached hydrogens (tertiary/aromatic N) is 2. The van der Waals surface area contributed by atoms with E-state index in [1.54, 1.807) is 19.4 Å². The minimum atomic E-state index is -1.86. The molecule has 184 valence electrons. The van der Waals surface area contributed by atoms with Gasteiger partial charge in [-0.2, -0.15) is 0 Å². The van der Waals surface area contributed by atoms with Crippen molar-refractivity contribution < 1.29 is 22.6 Å². The standard InChI is InChI=1S/C28H26N2O5S/c1-4-26(27-17(2)6-5-10-29-27)36(31)35-28-21-15-30-11-9-19-13-24-25(34-16-33-24)14-20(19)22(30)12-18(21)7-8-23(28)32-3/h4-8,10,13-14,22H,1-2,9,11-12,15-16H2,3H3/b27-26-. The largest absolute Gasteiger partial charge is 0.493 e. The normalized spacial score (nSPS) is 19.4. The molecule has 3 aliphatic rings. The van der Waals surface area contributed by atoms with Crippen molar-refractivity contribution >= 4 is 22.6 Å². The van der Waals surface area contributed by atoms with Crippen molar-refractivity contribution in [3.05, 3.63) is 88.1 Å². The third-order valence-corrected chi connectivity index (χ3v) is 8.10. The van der Waals surface area contributed by atoms with E-state index in [0.29, 0.717) is 33.5 Å². The Morgan fingerprint density at radius 1 is 1.22 bits per heavy atom. The number of fused-ring (bicyclic) bond motifs is 5. The third kappa shape index (κ3) is 3.77. The Bertz CT molecular complexity index is 1520. The predicted molar refractivity (Wildman–Crippen MR) is 138 cm³/mol. The van der Waals surface area contributed by atoms with Gasteiger partial charge in [-0.3, -0.25) is 9.88 Å². The van der Waals surface area contributed by atoms with Crippen LogP contribution in [0, 0.1) is 0 Å². The monoisotopic (exact) mass is 502 g/mol.